The lowest BCUT2D eigenvalue weighted by molar-refractivity contribution is -0.139. The number of benzene rings is 1. The van der Waals surface area contributed by atoms with E-state index in [1.807, 2.05) is 0 Å². The zero-order valence-electron chi connectivity index (χ0n) is 16.7. The number of hydrogen-bond acceptors (Lipinski definition) is 7. The van der Waals surface area contributed by atoms with Gasteiger partial charge in [0.1, 0.15) is 23.5 Å². The van der Waals surface area contributed by atoms with E-state index in [0.717, 1.165) is 6.20 Å². The van der Waals surface area contributed by atoms with Crippen molar-refractivity contribution in [1.29, 1.82) is 0 Å². The van der Waals surface area contributed by atoms with Crippen LogP contribution in [-0.4, -0.2) is 43.3 Å². The predicted molar refractivity (Wildman–Crippen MR) is 107 cm³/mol. The highest BCUT2D eigenvalue weighted by atomic mass is 19.3. The van der Waals surface area contributed by atoms with Crippen LogP contribution >= 0.6 is 0 Å². The Hall–Kier alpha value is -4.29. The van der Waals surface area contributed by atoms with Crippen LogP contribution in [0.2, 0.25) is 0 Å². The van der Waals surface area contributed by atoms with Crippen LogP contribution in [0.4, 0.5) is 23.4 Å². The van der Waals surface area contributed by atoms with Crippen LogP contribution in [0.3, 0.4) is 0 Å². The lowest BCUT2D eigenvalue weighted by atomic mass is 10.2. The minimum atomic E-state index is -3.92. The molecule has 4 aromatic rings. The lowest BCUT2D eigenvalue weighted by Crippen LogP contribution is -2.41. The van der Waals surface area contributed by atoms with Crippen molar-refractivity contribution in [2.24, 2.45) is 5.73 Å². The monoisotopic (exact) mass is 461 g/mol. The molecular formula is C20H15F4N7O2. The summed E-state index contributed by atoms with van der Waals surface area (Å²) in [7, 11) is 0. The van der Waals surface area contributed by atoms with Gasteiger partial charge in [-0.05, 0) is 12.1 Å². The van der Waals surface area contributed by atoms with Crippen LogP contribution in [0, 0.1) is 11.6 Å². The molecule has 3 heterocycles. The number of nitrogens with two attached hydrogens (primary N) is 1. The summed E-state index contributed by atoms with van der Waals surface area (Å²) in [5, 5.41) is 10.3. The number of amides is 1. The maximum atomic E-state index is 14.2. The number of alkyl halides is 2. The molecule has 3 N–H and O–H groups in total. The summed E-state index contributed by atoms with van der Waals surface area (Å²) in [6, 6.07) is 9.17. The van der Waals surface area contributed by atoms with E-state index in [1.165, 1.54) is 23.1 Å². The van der Waals surface area contributed by atoms with Crippen LogP contribution in [0.15, 0.2) is 53.4 Å². The largest absolute Gasteiger partial charge is 0.364 e. The average Bonchev–Trinajstić information content (AvgIpc) is 3.45. The standard InChI is InChI=1S/C20H15F4N7O2/c21-12-4-2-1-3-11(12)9-31-16(14-5-6-33-30-14)7-15(29-31)18-26-8-13(22)17(28-18)27-10-20(23,24)19(25)32/h1-8H,9-10H2,(H2,25,32)(H,26,27,28). The molecule has 170 valence electrons. The first-order chi connectivity index (χ1) is 15.7. The van der Waals surface area contributed by atoms with Gasteiger partial charge in [-0.1, -0.05) is 23.4 Å². The summed E-state index contributed by atoms with van der Waals surface area (Å²) in [5.74, 6) is -7.94. The first-order valence-electron chi connectivity index (χ1n) is 9.41. The van der Waals surface area contributed by atoms with Crippen molar-refractivity contribution >= 4 is 11.7 Å². The van der Waals surface area contributed by atoms with Crippen LogP contribution < -0.4 is 11.1 Å². The van der Waals surface area contributed by atoms with Crippen molar-refractivity contribution in [2.75, 3.05) is 11.9 Å². The average molecular weight is 461 g/mol. The Labute approximate surface area is 183 Å². The second kappa shape index (κ2) is 8.68. The molecule has 0 saturated carbocycles. The van der Waals surface area contributed by atoms with Crippen LogP contribution in [0.5, 0.6) is 0 Å². The topological polar surface area (TPSA) is 125 Å². The van der Waals surface area contributed by atoms with Gasteiger partial charge in [0.25, 0.3) is 5.91 Å². The number of carbonyl (C=O) groups is 1. The minimum absolute atomic E-state index is 0.0198. The quantitative estimate of drug-likeness (QED) is 0.387. The van der Waals surface area contributed by atoms with Crippen molar-refractivity contribution in [1.82, 2.24) is 24.9 Å². The highest BCUT2D eigenvalue weighted by Gasteiger charge is 2.36. The van der Waals surface area contributed by atoms with E-state index in [0.29, 0.717) is 17.0 Å². The Morgan fingerprint density at radius 2 is 1.94 bits per heavy atom. The molecule has 0 bridgehead atoms. The normalized spacial score (nSPS) is 11.5. The van der Waals surface area contributed by atoms with E-state index in [9.17, 15) is 22.4 Å². The fourth-order valence-electron chi connectivity index (χ4n) is 2.88. The molecule has 3 aromatic heterocycles. The molecule has 0 spiro atoms. The minimum Gasteiger partial charge on any atom is -0.364 e. The van der Waals surface area contributed by atoms with E-state index in [4.69, 9.17) is 4.52 Å². The van der Waals surface area contributed by atoms with Gasteiger partial charge in [0.2, 0.25) is 0 Å². The van der Waals surface area contributed by atoms with Crippen molar-refractivity contribution in [3.8, 4) is 22.9 Å². The van der Waals surface area contributed by atoms with Gasteiger partial charge in [0.05, 0.1) is 25.0 Å². The molecule has 0 atom stereocenters. The van der Waals surface area contributed by atoms with Crippen molar-refractivity contribution in [2.45, 2.75) is 12.5 Å². The molecule has 0 aliphatic carbocycles. The molecule has 4 rings (SSSR count). The van der Waals surface area contributed by atoms with Crippen LogP contribution in [0.25, 0.3) is 22.9 Å². The highest BCUT2D eigenvalue weighted by Crippen LogP contribution is 2.26. The number of rotatable bonds is 8. The van der Waals surface area contributed by atoms with Gasteiger partial charge in [-0.2, -0.15) is 13.9 Å². The van der Waals surface area contributed by atoms with Gasteiger partial charge < -0.3 is 15.6 Å². The number of nitrogens with one attached hydrogen (secondary N) is 1. The number of anilines is 1. The number of carbonyl (C=O) groups excluding carboxylic acids is 1. The van der Waals surface area contributed by atoms with E-state index < -0.39 is 35.8 Å². The van der Waals surface area contributed by atoms with Gasteiger partial charge in [-0.25, -0.2) is 18.7 Å². The Morgan fingerprint density at radius 3 is 2.64 bits per heavy atom. The summed E-state index contributed by atoms with van der Waals surface area (Å²) in [4.78, 5) is 18.5. The SMILES string of the molecule is NC(=O)C(F)(F)CNc1nc(-c2cc(-c3ccon3)n(Cc3ccccc3F)n2)ncc1F. The molecule has 9 nitrogen and oxygen atoms in total. The highest BCUT2D eigenvalue weighted by molar-refractivity contribution is 5.82. The second-order valence-corrected chi connectivity index (χ2v) is 6.86. The van der Waals surface area contributed by atoms with Gasteiger partial charge in [0, 0.05) is 11.6 Å². The Bertz CT molecular complexity index is 1290. The molecule has 0 fully saturated rings. The van der Waals surface area contributed by atoms with Crippen LogP contribution in [0.1, 0.15) is 5.56 Å². The Balaban J connectivity index is 1.69. The van der Waals surface area contributed by atoms with Crippen LogP contribution in [-0.2, 0) is 11.3 Å². The summed E-state index contributed by atoms with van der Waals surface area (Å²) >= 11 is 0. The van der Waals surface area contributed by atoms with E-state index >= 15 is 0 Å². The number of hydrogen-bond donors (Lipinski definition) is 2. The van der Waals surface area contributed by atoms with Crippen molar-refractivity contribution < 1.29 is 26.9 Å². The fraction of sp³-hybridized carbons (Fsp3) is 0.150. The molecule has 33 heavy (non-hydrogen) atoms. The second-order valence-electron chi connectivity index (χ2n) is 6.86. The van der Waals surface area contributed by atoms with E-state index in [2.05, 4.69) is 31.3 Å². The van der Waals surface area contributed by atoms with Gasteiger partial charge in [-0.3, -0.25) is 9.48 Å². The fourth-order valence-corrected chi connectivity index (χ4v) is 2.88. The smallest absolute Gasteiger partial charge is 0.341 e. The Morgan fingerprint density at radius 1 is 1.15 bits per heavy atom. The Kier molecular flexibility index (Phi) is 5.77. The summed E-state index contributed by atoms with van der Waals surface area (Å²) < 4.78 is 61.5. The van der Waals surface area contributed by atoms with E-state index in [1.54, 1.807) is 24.3 Å². The summed E-state index contributed by atoms with van der Waals surface area (Å²) in [5.41, 5.74) is 5.90. The zero-order valence-corrected chi connectivity index (χ0v) is 16.7. The first kappa shape index (κ1) is 21.9. The first-order valence-corrected chi connectivity index (χ1v) is 9.41. The molecule has 1 amide bonds. The molecule has 0 unspecified atom stereocenters. The zero-order chi connectivity index (χ0) is 23.6. The maximum absolute atomic E-state index is 14.2. The van der Waals surface area contributed by atoms with Crippen molar-refractivity contribution in [3.05, 3.63) is 66.1 Å². The van der Waals surface area contributed by atoms with E-state index in [-0.39, 0.29) is 18.1 Å². The predicted octanol–water partition coefficient (Wildman–Crippen LogP) is 2.85. The lowest BCUT2D eigenvalue weighted by Gasteiger charge is -2.14. The third-order valence-electron chi connectivity index (χ3n) is 4.57. The van der Waals surface area contributed by atoms with Gasteiger partial charge in [0.15, 0.2) is 17.5 Å². The molecule has 13 heteroatoms. The summed E-state index contributed by atoms with van der Waals surface area (Å²) in [6.07, 6.45) is 2.10. The number of aromatic nitrogens is 5. The van der Waals surface area contributed by atoms with Gasteiger partial charge >= 0.3 is 5.92 Å². The molecule has 0 aliphatic rings. The molecule has 0 saturated heterocycles. The summed E-state index contributed by atoms with van der Waals surface area (Å²) in [6.45, 7) is -1.24. The maximum Gasteiger partial charge on any atom is 0.341 e. The molecular weight excluding hydrogens is 446 g/mol. The van der Waals surface area contributed by atoms with Crippen molar-refractivity contribution in [3.63, 3.8) is 0 Å². The molecule has 0 radical (unpaired) electrons. The molecule has 0 aliphatic heterocycles. The number of nitrogens with zero attached hydrogens (tertiary/aromatic N) is 5. The van der Waals surface area contributed by atoms with Gasteiger partial charge in [-0.15, -0.1) is 0 Å². The number of halogens is 4. The third-order valence-corrected chi connectivity index (χ3v) is 4.57. The number of primary amides is 1. The third kappa shape index (κ3) is 4.66. The molecule has 1 aromatic carbocycles.